The van der Waals surface area contributed by atoms with Crippen LogP contribution in [0.3, 0.4) is 0 Å². The van der Waals surface area contributed by atoms with Crippen LogP contribution in [0.4, 0.5) is 11.4 Å². The van der Waals surface area contributed by atoms with E-state index in [0.717, 1.165) is 6.07 Å². The number of rotatable bonds is 6. The molecule has 140 valence electrons. The highest BCUT2D eigenvalue weighted by Gasteiger charge is 2.22. The Bertz CT molecular complexity index is 911. The number of esters is 1. The third-order valence-corrected chi connectivity index (χ3v) is 3.84. The number of Topliss-reactive ketones (excluding diaryl/α,β-unsaturated/α-hetero) is 1. The zero-order valence-corrected chi connectivity index (χ0v) is 15.1. The Balaban J connectivity index is 2.09. The topological polar surface area (TPSA) is 116 Å². The van der Waals surface area contributed by atoms with Crippen molar-refractivity contribution in [1.29, 1.82) is 0 Å². The molecule has 1 atom stereocenters. The summed E-state index contributed by atoms with van der Waals surface area (Å²) in [6.45, 7) is 2.76. The van der Waals surface area contributed by atoms with Crippen LogP contribution in [0.5, 0.6) is 0 Å². The van der Waals surface area contributed by atoms with Gasteiger partial charge in [0, 0.05) is 24.2 Å². The highest BCUT2D eigenvalue weighted by Crippen LogP contribution is 2.25. The lowest BCUT2D eigenvalue weighted by Gasteiger charge is -2.13. The Hall–Kier alpha value is -3.26. The minimum Gasteiger partial charge on any atom is -0.451 e. The molecule has 9 heteroatoms. The molecule has 0 aliphatic heterocycles. The molecular formula is C18H15ClN2O6. The number of ether oxygens (including phenoxy) is 1. The number of nitrogens with zero attached hydrogens (tertiary/aromatic N) is 1. The van der Waals surface area contributed by atoms with Gasteiger partial charge in [-0.25, -0.2) is 4.79 Å². The monoisotopic (exact) mass is 390 g/mol. The quantitative estimate of drug-likeness (QED) is 0.348. The summed E-state index contributed by atoms with van der Waals surface area (Å²) in [6, 6.07) is 9.55. The lowest BCUT2D eigenvalue weighted by atomic mass is 10.1. The van der Waals surface area contributed by atoms with Gasteiger partial charge in [-0.1, -0.05) is 11.6 Å². The molecule has 0 fully saturated rings. The minimum absolute atomic E-state index is 0.0910. The maximum Gasteiger partial charge on any atom is 0.339 e. The van der Waals surface area contributed by atoms with Gasteiger partial charge in [-0.3, -0.25) is 19.7 Å². The van der Waals surface area contributed by atoms with Crippen LogP contribution >= 0.6 is 11.6 Å². The van der Waals surface area contributed by atoms with Gasteiger partial charge >= 0.3 is 5.97 Å². The zero-order chi connectivity index (χ0) is 20.1. The molecule has 2 aromatic carbocycles. The van der Waals surface area contributed by atoms with Crippen molar-refractivity contribution in [2.75, 3.05) is 5.32 Å². The smallest absolute Gasteiger partial charge is 0.339 e. The Labute approximate surface area is 159 Å². The van der Waals surface area contributed by atoms with Gasteiger partial charge in [-0.2, -0.15) is 0 Å². The summed E-state index contributed by atoms with van der Waals surface area (Å²) >= 11 is 5.70. The Morgan fingerprint density at radius 3 is 2.26 bits per heavy atom. The van der Waals surface area contributed by atoms with Gasteiger partial charge in [0.1, 0.15) is 5.02 Å². The van der Waals surface area contributed by atoms with Crippen LogP contribution in [-0.4, -0.2) is 28.7 Å². The molecule has 2 rings (SSSR count). The second kappa shape index (κ2) is 8.41. The lowest BCUT2D eigenvalue weighted by Crippen LogP contribution is -2.24. The first-order valence-corrected chi connectivity index (χ1v) is 8.13. The van der Waals surface area contributed by atoms with E-state index in [1.807, 2.05) is 0 Å². The van der Waals surface area contributed by atoms with Crippen molar-refractivity contribution in [1.82, 2.24) is 0 Å². The van der Waals surface area contributed by atoms with Crippen LogP contribution in [0.1, 0.15) is 34.6 Å². The van der Waals surface area contributed by atoms with E-state index in [9.17, 15) is 24.5 Å². The van der Waals surface area contributed by atoms with Crippen molar-refractivity contribution in [3.8, 4) is 0 Å². The Kier molecular flexibility index (Phi) is 6.25. The fraction of sp³-hybridized carbons (Fsp3) is 0.167. The van der Waals surface area contributed by atoms with Crippen molar-refractivity contribution in [3.63, 3.8) is 0 Å². The van der Waals surface area contributed by atoms with E-state index in [1.165, 1.54) is 38.1 Å². The van der Waals surface area contributed by atoms with Gasteiger partial charge in [-0.15, -0.1) is 0 Å². The van der Waals surface area contributed by atoms with Crippen LogP contribution < -0.4 is 5.32 Å². The van der Waals surface area contributed by atoms with Crippen molar-refractivity contribution >= 4 is 40.6 Å². The van der Waals surface area contributed by atoms with E-state index in [4.69, 9.17) is 16.3 Å². The van der Waals surface area contributed by atoms with Gasteiger partial charge in [0.05, 0.1) is 10.5 Å². The van der Waals surface area contributed by atoms with E-state index in [1.54, 1.807) is 12.1 Å². The number of hydrogen-bond donors (Lipinski definition) is 1. The molecular weight excluding hydrogens is 376 g/mol. The molecule has 0 radical (unpaired) electrons. The first kappa shape index (κ1) is 20.1. The highest BCUT2D eigenvalue weighted by atomic mass is 35.5. The molecule has 8 nitrogen and oxygen atoms in total. The van der Waals surface area contributed by atoms with Crippen molar-refractivity contribution in [2.24, 2.45) is 0 Å². The van der Waals surface area contributed by atoms with Gasteiger partial charge in [0.25, 0.3) is 5.69 Å². The number of nitrogens with one attached hydrogen (secondary N) is 1. The van der Waals surface area contributed by atoms with E-state index in [0.29, 0.717) is 5.69 Å². The zero-order valence-electron chi connectivity index (χ0n) is 14.4. The lowest BCUT2D eigenvalue weighted by molar-refractivity contribution is -0.384. The van der Waals surface area contributed by atoms with Gasteiger partial charge in [-0.05, 0) is 43.3 Å². The van der Waals surface area contributed by atoms with E-state index < -0.39 is 28.5 Å². The Morgan fingerprint density at radius 1 is 1.11 bits per heavy atom. The standard InChI is InChI=1S/C18H15ClN2O6/c1-10(17(23)12-3-6-14(7-4-12)20-11(2)22)27-18(24)13-5-8-15(19)16(9-13)21(25)26/h3-10H,1-2H3,(H,20,22)/t10-/m1/s1. The van der Waals surface area contributed by atoms with Crippen molar-refractivity contribution < 1.29 is 24.0 Å². The number of carbonyl (C=O) groups excluding carboxylic acids is 3. The van der Waals surface area contributed by atoms with E-state index in [2.05, 4.69) is 5.32 Å². The maximum absolute atomic E-state index is 12.4. The number of halogens is 1. The number of anilines is 1. The predicted octanol–water partition coefficient (Wildman–Crippen LogP) is 3.63. The number of carbonyl (C=O) groups is 3. The summed E-state index contributed by atoms with van der Waals surface area (Å²) in [6.07, 6.45) is -1.11. The highest BCUT2D eigenvalue weighted by molar-refractivity contribution is 6.32. The summed E-state index contributed by atoms with van der Waals surface area (Å²) in [5.41, 5.74) is 0.286. The second-order valence-electron chi connectivity index (χ2n) is 5.59. The van der Waals surface area contributed by atoms with E-state index >= 15 is 0 Å². The fourth-order valence-corrected chi connectivity index (χ4v) is 2.40. The summed E-state index contributed by atoms with van der Waals surface area (Å²) in [4.78, 5) is 45.7. The number of amides is 1. The first-order chi connectivity index (χ1) is 12.7. The molecule has 0 unspecified atom stereocenters. The van der Waals surface area contributed by atoms with Crippen LogP contribution in [0, 0.1) is 10.1 Å². The predicted molar refractivity (Wildman–Crippen MR) is 98.1 cm³/mol. The number of nitro groups is 1. The summed E-state index contributed by atoms with van der Waals surface area (Å²) in [7, 11) is 0. The van der Waals surface area contributed by atoms with E-state index in [-0.39, 0.29) is 22.1 Å². The molecule has 1 N–H and O–H groups in total. The molecule has 2 aromatic rings. The minimum atomic E-state index is -1.11. The number of ketones is 1. The molecule has 0 saturated carbocycles. The molecule has 0 heterocycles. The van der Waals surface area contributed by atoms with Crippen LogP contribution in [0.15, 0.2) is 42.5 Å². The summed E-state index contributed by atoms with van der Waals surface area (Å²) in [5.74, 6) is -1.58. The summed E-state index contributed by atoms with van der Waals surface area (Å²) in [5, 5.41) is 13.4. The SMILES string of the molecule is CC(=O)Nc1ccc(C(=O)[C@@H](C)OC(=O)c2ccc(Cl)c([N+](=O)[O-])c2)cc1. The molecule has 0 aromatic heterocycles. The number of nitro benzene ring substituents is 1. The van der Waals surface area contributed by atoms with Crippen LogP contribution in [0.2, 0.25) is 5.02 Å². The normalized spacial score (nSPS) is 11.4. The molecule has 27 heavy (non-hydrogen) atoms. The van der Waals surface area contributed by atoms with Crippen LogP contribution in [-0.2, 0) is 9.53 Å². The molecule has 0 saturated heterocycles. The average Bonchev–Trinajstić information content (AvgIpc) is 2.61. The molecule has 0 aliphatic rings. The fourth-order valence-electron chi connectivity index (χ4n) is 2.22. The van der Waals surface area contributed by atoms with Crippen molar-refractivity contribution in [2.45, 2.75) is 20.0 Å². The number of hydrogen-bond acceptors (Lipinski definition) is 6. The first-order valence-electron chi connectivity index (χ1n) is 7.76. The second-order valence-corrected chi connectivity index (χ2v) is 6.00. The van der Waals surface area contributed by atoms with Gasteiger partial charge in [0.2, 0.25) is 11.7 Å². The maximum atomic E-state index is 12.4. The van der Waals surface area contributed by atoms with Gasteiger partial charge < -0.3 is 10.1 Å². The third kappa shape index (κ3) is 5.11. The summed E-state index contributed by atoms with van der Waals surface area (Å²) < 4.78 is 5.10. The van der Waals surface area contributed by atoms with Crippen molar-refractivity contribution in [3.05, 3.63) is 68.7 Å². The van der Waals surface area contributed by atoms with Gasteiger partial charge in [0.15, 0.2) is 6.10 Å². The Morgan fingerprint density at radius 2 is 1.70 bits per heavy atom. The molecule has 0 bridgehead atoms. The molecule has 1 amide bonds. The average molecular weight is 391 g/mol. The molecule has 0 aliphatic carbocycles. The third-order valence-electron chi connectivity index (χ3n) is 3.52. The largest absolute Gasteiger partial charge is 0.451 e. The number of benzene rings is 2. The van der Waals surface area contributed by atoms with Crippen LogP contribution in [0.25, 0.3) is 0 Å². The molecule has 0 spiro atoms.